The normalized spacial score (nSPS) is 13.2. The van der Waals surface area contributed by atoms with Crippen molar-refractivity contribution in [2.24, 2.45) is 13.0 Å². The van der Waals surface area contributed by atoms with Crippen LogP contribution >= 0.6 is 0 Å². The summed E-state index contributed by atoms with van der Waals surface area (Å²) in [6, 6.07) is 0.591. The van der Waals surface area contributed by atoms with E-state index in [9.17, 15) is 0 Å². The Balaban J connectivity index is 2.30. The molecule has 1 aromatic rings. The zero-order chi connectivity index (χ0) is 13.5. The largest absolute Gasteiger partial charge is 0.310 e. The van der Waals surface area contributed by atoms with Gasteiger partial charge < -0.3 is 5.32 Å². The lowest BCUT2D eigenvalue weighted by Crippen LogP contribution is -2.25. The second-order valence-corrected chi connectivity index (χ2v) is 5.73. The van der Waals surface area contributed by atoms with Crippen LogP contribution in [0.4, 0.5) is 0 Å². The van der Waals surface area contributed by atoms with Crippen LogP contribution in [0, 0.1) is 5.92 Å². The predicted molar refractivity (Wildman–Crippen MR) is 77.6 cm³/mol. The molecule has 0 aliphatic rings. The van der Waals surface area contributed by atoms with Crippen LogP contribution in [-0.2, 0) is 20.0 Å². The smallest absolute Gasteiger partial charge is 0.0666 e. The molecule has 0 spiro atoms. The molecule has 1 atom stereocenters. The van der Waals surface area contributed by atoms with Crippen LogP contribution in [0.1, 0.15) is 58.2 Å². The molecule has 1 N–H and O–H groups in total. The molecule has 1 aromatic heterocycles. The molecule has 0 bridgehead atoms. The van der Waals surface area contributed by atoms with Gasteiger partial charge in [0.25, 0.3) is 0 Å². The third kappa shape index (κ3) is 5.21. The Labute approximate surface area is 112 Å². The van der Waals surface area contributed by atoms with E-state index >= 15 is 0 Å². The first-order chi connectivity index (χ1) is 8.52. The maximum atomic E-state index is 4.47. The van der Waals surface area contributed by atoms with Crippen LogP contribution in [0.2, 0.25) is 0 Å². The molecule has 0 fully saturated rings. The lowest BCUT2D eigenvalue weighted by molar-refractivity contribution is 0.456. The summed E-state index contributed by atoms with van der Waals surface area (Å²) in [4.78, 5) is 0. The van der Waals surface area contributed by atoms with E-state index in [0.717, 1.165) is 18.9 Å². The van der Waals surface area contributed by atoms with Gasteiger partial charge in [0.05, 0.1) is 5.69 Å². The minimum Gasteiger partial charge on any atom is -0.310 e. The van der Waals surface area contributed by atoms with E-state index in [-0.39, 0.29) is 0 Å². The minimum atomic E-state index is 0.591. The van der Waals surface area contributed by atoms with E-state index in [4.69, 9.17) is 0 Å². The predicted octanol–water partition coefficient (Wildman–Crippen LogP) is 3.29. The third-order valence-corrected chi connectivity index (χ3v) is 3.39. The zero-order valence-corrected chi connectivity index (χ0v) is 12.7. The molecule has 18 heavy (non-hydrogen) atoms. The molecule has 0 saturated heterocycles. The van der Waals surface area contributed by atoms with Gasteiger partial charge >= 0.3 is 0 Å². The Morgan fingerprint density at radius 1 is 1.28 bits per heavy atom. The van der Waals surface area contributed by atoms with Crippen molar-refractivity contribution < 1.29 is 0 Å². The van der Waals surface area contributed by atoms with Crippen molar-refractivity contribution in [2.75, 3.05) is 0 Å². The van der Waals surface area contributed by atoms with Crippen molar-refractivity contribution in [3.63, 3.8) is 0 Å². The fourth-order valence-corrected chi connectivity index (χ4v) is 2.25. The Morgan fingerprint density at radius 3 is 2.61 bits per heavy atom. The van der Waals surface area contributed by atoms with Crippen molar-refractivity contribution in [1.29, 1.82) is 0 Å². The van der Waals surface area contributed by atoms with Gasteiger partial charge in [-0.05, 0) is 25.7 Å². The molecule has 104 valence electrons. The fourth-order valence-electron chi connectivity index (χ4n) is 2.25. The molecule has 0 saturated carbocycles. The first kappa shape index (κ1) is 15.2. The maximum absolute atomic E-state index is 4.47. The maximum Gasteiger partial charge on any atom is 0.0666 e. The summed E-state index contributed by atoms with van der Waals surface area (Å²) in [5.41, 5.74) is 2.56. The van der Waals surface area contributed by atoms with Crippen molar-refractivity contribution in [3.05, 3.63) is 17.5 Å². The van der Waals surface area contributed by atoms with Crippen LogP contribution in [0.15, 0.2) is 6.20 Å². The average Bonchev–Trinajstić information content (AvgIpc) is 2.66. The van der Waals surface area contributed by atoms with Gasteiger partial charge in [0, 0.05) is 31.4 Å². The fraction of sp³-hybridized carbons (Fsp3) is 0.800. The van der Waals surface area contributed by atoms with Crippen LogP contribution in [0.3, 0.4) is 0 Å². The van der Waals surface area contributed by atoms with Gasteiger partial charge in [0.2, 0.25) is 0 Å². The van der Waals surface area contributed by atoms with E-state index in [1.165, 1.54) is 30.5 Å². The number of hydrogen-bond acceptors (Lipinski definition) is 2. The summed E-state index contributed by atoms with van der Waals surface area (Å²) in [6.45, 7) is 9.97. The van der Waals surface area contributed by atoms with Crippen LogP contribution < -0.4 is 5.32 Å². The van der Waals surface area contributed by atoms with Gasteiger partial charge in [-0.15, -0.1) is 0 Å². The highest BCUT2D eigenvalue weighted by Crippen LogP contribution is 2.10. The van der Waals surface area contributed by atoms with Gasteiger partial charge in [-0.25, -0.2) is 0 Å². The number of hydrogen-bond donors (Lipinski definition) is 1. The molecule has 0 aromatic carbocycles. The zero-order valence-electron chi connectivity index (χ0n) is 12.7. The van der Waals surface area contributed by atoms with Crippen LogP contribution in [0.5, 0.6) is 0 Å². The van der Waals surface area contributed by atoms with Crippen molar-refractivity contribution in [3.8, 4) is 0 Å². The average molecular weight is 251 g/mol. The quantitative estimate of drug-likeness (QED) is 0.768. The summed E-state index contributed by atoms with van der Waals surface area (Å²) in [7, 11) is 1.99. The summed E-state index contributed by atoms with van der Waals surface area (Å²) >= 11 is 0. The second-order valence-electron chi connectivity index (χ2n) is 5.73. The monoisotopic (exact) mass is 251 g/mol. The van der Waals surface area contributed by atoms with E-state index in [0.29, 0.717) is 6.04 Å². The van der Waals surface area contributed by atoms with E-state index in [1.807, 2.05) is 11.7 Å². The second kappa shape index (κ2) is 7.57. The molecule has 0 aliphatic carbocycles. The summed E-state index contributed by atoms with van der Waals surface area (Å²) in [5, 5.41) is 8.08. The first-order valence-electron chi connectivity index (χ1n) is 7.27. The van der Waals surface area contributed by atoms with Gasteiger partial charge in [0.15, 0.2) is 0 Å². The lowest BCUT2D eigenvalue weighted by Gasteiger charge is -2.14. The molecule has 1 rings (SSSR count). The number of nitrogens with one attached hydrogen (secondary N) is 1. The molecular formula is C15H29N3. The number of nitrogens with zero attached hydrogens (tertiary/aromatic N) is 2. The Hall–Kier alpha value is -0.830. The third-order valence-electron chi connectivity index (χ3n) is 3.39. The molecular weight excluding hydrogens is 222 g/mol. The molecule has 0 aliphatic heterocycles. The topological polar surface area (TPSA) is 29.9 Å². The molecule has 3 heteroatoms. The standard InChI is InChI=1S/C15H29N3/c1-6-15-14(11-18(5)17-15)10-16-13(4)9-7-8-12(2)3/h11-13,16H,6-10H2,1-5H3. The lowest BCUT2D eigenvalue weighted by atomic mass is 10.0. The van der Waals surface area contributed by atoms with Crippen molar-refractivity contribution >= 4 is 0 Å². The van der Waals surface area contributed by atoms with E-state index in [1.54, 1.807) is 0 Å². The van der Waals surface area contributed by atoms with E-state index < -0.39 is 0 Å². The van der Waals surface area contributed by atoms with Gasteiger partial charge in [-0.3, -0.25) is 4.68 Å². The highest BCUT2D eigenvalue weighted by molar-refractivity contribution is 5.16. The number of aryl methyl sites for hydroxylation is 2. The minimum absolute atomic E-state index is 0.591. The van der Waals surface area contributed by atoms with Gasteiger partial charge in [-0.1, -0.05) is 33.6 Å². The highest BCUT2D eigenvalue weighted by atomic mass is 15.3. The Bertz CT molecular complexity index is 342. The molecule has 0 radical (unpaired) electrons. The summed E-state index contributed by atoms with van der Waals surface area (Å²) in [6.07, 6.45) is 7.06. The van der Waals surface area contributed by atoms with Crippen molar-refractivity contribution in [2.45, 2.75) is 66.0 Å². The summed E-state index contributed by atoms with van der Waals surface area (Å²) in [5.74, 6) is 0.821. The molecule has 1 heterocycles. The van der Waals surface area contributed by atoms with Crippen LogP contribution in [0.25, 0.3) is 0 Å². The Kier molecular flexibility index (Phi) is 6.41. The molecule has 0 amide bonds. The molecule has 3 nitrogen and oxygen atoms in total. The first-order valence-corrected chi connectivity index (χ1v) is 7.27. The SMILES string of the molecule is CCc1nn(C)cc1CNC(C)CCCC(C)C. The van der Waals surface area contributed by atoms with Gasteiger partial charge in [0.1, 0.15) is 0 Å². The molecule has 1 unspecified atom stereocenters. The summed E-state index contributed by atoms with van der Waals surface area (Å²) < 4.78 is 1.92. The van der Waals surface area contributed by atoms with E-state index in [2.05, 4.69) is 44.3 Å². The van der Waals surface area contributed by atoms with Crippen molar-refractivity contribution in [1.82, 2.24) is 15.1 Å². The Morgan fingerprint density at radius 2 is 2.00 bits per heavy atom. The number of rotatable bonds is 8. The number of aromatic nitrogens is 2. The van der Waals surface area contributed by atoms with Crippen LogP contribution in [-0.4, -0.2) is 15.8 Å². The van der Waals surface area contributed by atoms with Gasteiger partial charge in [-0.2, -0.15) is 5.10 Å². The highest BCUT2D eigenvalue weighted by Gasteiger charge is 2.07.